The van der Waals surface area contributed by atoms with Crippen molar-refractivity contribution in [3.8, 4) is 0 Å². The maximum Gasteiger partial charge on any atom is 0.331 e. The molecule has 0 amide bonds. The van der Waals surface area contributed by atoms with Gasteiger partial charge in [-0.2, -0.15) is 0 Å². The summed E-state index contributed by atoms with van der Waals surface area (Å²) >= 11 is 44.9. The Bertz CT molecular complexity index is 403. The molecule has 0 aliphatic rings. The molecule has 12 heteroatoms. The lowest BCUT2D eigenvalue weighted by Crippen LogP contribution is -2.19. The van der Waals surface area contributed by atoms with Crippen molar-refractivity contribution in [2.75, 3.05) is 13.2 Å². The summed E-state index contributed by atoms with van der Waals surface area (Å²) in [5.74, 6) is -1.63. The largest absolute Gasteiger partial charge is 0.461 e. The molecule has 0 saturated heterocycles. The van der Waals surface area contributed by atoms with Crippen LogP contribution in [0.2, 0.25) is 0 Å². The number of carbonyl (C=O) groups excluding carboxylic acids is 2. The van der Waals surface area contributed by atoms with Crippen LogP contribution in [0.25, 0.3) is 0 Å². The molecule has 0 aliphatic heterocycles. The molecule has 0 N–H and O–H groups in total. The lowest BCUT2D eigenvalue weighted by Gasteiger charge is -2.15. The standard InChI is InChI=1S/C12H12Cl8O4/c13-7(3-11(15,16)17)5-23-9(21)1-2-10(22)24-6-8(14)4-12(18,19)20/h1-2,7-8H,3-6H2. The molecular formula is C12H12Cl8O4. The van der Waals surface area contributed by atoms with E-state index in [2.05, 4.69) is 0 Å². The second-order valence-corrected chi connectivity index (χ2v) is 10.7. The third-order valence-electron chi connectivity index (χ3n) is 2.07. The van der Waals surface area contributed by atoms with Gasteiger partial charge in [0.05, 0.1) is 10.8 Å². The van der Waals surface area contributed by atoms with Crippen LogP contribution in [-0.4, -0.2) is 43.5 Å². The Kier molecular flexibility index (Phi) is 12.1. The lowest BCUT2D eigenvalue weighted by atomic mass is 10.3. The van der Waals surface area contributed by atoms with E-state index in [1.807, 2.05) is 0 Å². The minimum atomic E-state index is -1.55. The van der Waals surface area contributed by atoms with Crippen LogP contribution in [0.1, 0.15) is 12.8 Å². The van der Waals surface area contributed by atoms with Crippen LogP contribution in [0.5, 0.6) is 0 Å². The highest BCUT2D eigenvalue weighted by atomic mass is 35.6. The fourth-order valence-corrected chi connectivity index (χ4v) is 3.38. The van der Waals surface area contributed by atoms with Gasteiger partial charge in [0.1, 0.15) is 13.2 Å². The number of hydrogen-bond donors (Lipinski definition) is 0. The van der Waals surface area contributed by atoms with Gasteiger partial charge in [0.2, 0.25) is 0 Å². The van der Waals surface area contributed by atoms with Crippen molar-refractivity contribution >= 4 is 105 Å². The van der Waals surface area contributed by atoms with Gasteiger partial charge >= 0.3 is 11.9 Å². The van der Waals surface area contributed by atoms with Crippen molar-refractivity contribution in [1.29, 1.82) is 0 Å². The van der Waals surface area contributed by atoms with E-state index in [9.17, 15) is 9.59 Å². The van der Waals surface area contributed by atoms with Crippen LogP contribution in [0.4, 0.5) is 0 Å². The third kappa shape index (κ3) is 16.5. The van der Waals surface area contributed by atoms with Crippen LogP contribution in [0.15, 0.2) is 12.2 Å². The third-order valence-corrected chi connectivity index (χ3v) is 3.56. The predicted octanol–water partition coefficient (Wildman–Crippen LogP) is 5.36. The Morgan fingerprint density at radius 2 is 1.04 bits per heavy atom. The van der Waals surface area contributed by atoms with E-state index in [4.69, 9.17) is 102 Å². The van der Waals surface area contributed by atoms with E-state index in [1.54, 1.807) is 0 Å². The molecule has 0 aromatic rings. The molecule has 0 saturated carbocycles. The summed E-state index contributed by atoms with van der Waals surface area (Å²) in [6.45, 7) is -0.388. The summed E-state index contributed by atoms with van der Waals surface area (Å²) in [5, 5.41) is -1.39. The average Bonchev–Trinajstić information content (AvgIpc) is 2.36. The molecule has 4 nitrogen and oxygen atoms in total. The smallest absolute Gasteiger partial charge is 0.331 e. The Labute approximate surface area is 179 Å². The van der Waals surface area contributed by atoms with Crippen LogP contribution in [-0.2, 0) is 19.1 Å². The number of esters is 2. The second kappa shape index (κ2) is 11.7. The molecule has 0 aromatic carbocycles. The van der Waals surface area contributed by atoms with Gasteiger partial charge in [0.25, 0.3) is 0 Å². The summed E-state index contributed by atoms with van der Waals surface area (Å²) in [7, 11) is 0. The number of rotatable bonds is 8. The molecular weight excluding hydrogens is 492 g/mol. The maximum atomic E-state index is 11.4. The van der Waals surface area contributed by atoms with Crippen molar-refractivity contribution in [3.05, 3.63) is 12.2 Å². The molecule has 2 atom stereocenters. The summed E-state index contributed by atoms with van der Waals surface area (Å²) in [4.78, 5) is 22.8. The number of halogens is 8. The first-order valence-corrected chi connectivity index (χ1v) is 9.36. The van der Waals surface area contributed by atoms with Crippen molar-refractivity contribution < 1.29 is 19.1 Å². The van der Waals surface area contributed by atoms with E-state index in [-0.39, 0.29) is 26.1 Å². The molecule has 0 spiro atoms. The summed E-state index contributed by atoms with van der Waals surface area (Å²) in [6, 6.07) is 0. The minimum Gasteiger partial charge on any atom is -0.461 e. The Morgan fingerprint density at radius 3 is 1.29 bits per heavy atom. The first-order chi connectivity index (χ1) is 10.8. The first kappa shape index (κ1) is 25.0. The molecule has 0 radical (unpaired) electrons. The van der Waals surface area contributed by atoms with Gasteiger partial charge in [0.15, 0.2) is 7.59 Å². The molecule has 0 fully saturated rings. The van der Waals surface area contributed by atoms with Crippen molar-refractivity contribution in [2.45, 2.75) is 31.2 Å². The van der Waals surface area contributed by atoms with E-state index in [0.717, 1.165) is 12.2 Å². The molecule has 0 rings (SSSR count). The van der Waals surface area contributed by atoms with Crippen LogP contribution >= 0.6 is 92.8 Å². The second-order valence-electron chi connectivity index (χ2n) is 4.43. The van der Waals surface area contributed by atoms with Gasteiger partial charge in [-0.25, -0.2) is 9.59 Å². The minimum absolute atomic E-state index is 0.0153. The molecule has 0 aromatic heterocycles. The Morgan fingerprint density at radius 1 is 0.750 bits per heavy atom. The van der Waals surface area contributed by atoms with E-state index < -0.39 is 30.3 Å². The van der Waals surface area contributed by atoms with Crippen LogP contribution < -0.4 is 0 Å². The fourth-order valence-electron chi connectivity index (χ4n) is 1.20. The van der Waals surface area contributed by atoms with Crippen molar-refractivity contribution in [1.82, 2.24) is 0 Å². The zero-order valence-corrected chi connectivity index (χ0v) is 17.8. The van der Waals surface area contributed by atoms with Crippen molar-refractivity contribution in [3.63, 3.8) is 0 Å². The van der Waals surface area contributed by atoms with E-state index in [0.29, 0.717) is 0 Å². The molecule has 2 unspecified atom stereocenters. The lowest BCUT2D eigenvalue weighted by molar-refractivity contribution is -0.140. The van der Waals surface area contributed by atoms with Gasteiger partial charge in [-0.1, -0.05) is 69.6 Å². The number of carbonyl (C=O) groups is 2. The molecule has 0 heterocycles. The zero-order valence-electron chi connectivity index (χ0n) is 11.8. The summed E-state index contributed by atoms with van der Waals surface area (Å²) in [5.41, 5.74) is 0. The van der Waals surface area contributed by atoms with Gasteiger partial charge in [-0.05, 0) is 0 Å². The fraction of sp³-hybridized carbons (Fsp3) is 0.667. The Hall–Kier alpha value is 1.000. The normalized spacial score (nSPS) is 15.2. The van der Waals surface area contributed by atoms with E-state index >= 15 is 0 Å². The number of ether oxygens (including phenoxy) is 2. The van der Waals surface area contributed by atoms with Gasteiger partial charge in [0, 0.05) is 25.0 Å². The Balaban J connectivity index is 4.07. The highest BCUT2D eigenvalue weighted by molar-refractivity contribution is 6.68. The van der Waals surface area contributed by atoms with Crippen LogP contribution in [0, 0.1) is 0 Å². The monoisotopic (exact) mass is 500 g/mol. The average molecular weight is 504 g/mol. The molecule has 140 valence electrons. The highest BCUT2D eigenvalue weighted by Gasteiger charge is 2.26. The van der Waals surface area contributed by atoms with Crippen molar-refractivity contribution in [2.24, 2.45) is 0 Å². The molecule has 0 aliphatic carbocycles. The van der Waals surface area contributed by atoms with E-state index in [1.165, 1.54) is 0 Å². The quantitative estimate of drug-likeness (QED) is 0.254. The summed E-state index contributed by atoms with van der Waals surface area (Å²) in [6.07, 6.45) is 1.69. The maximum absolute atomic E-state index is 11.4. The van der Waals surface area contributed by atoms with Crippen LogP contribution in [0.3, 0.4) is 0 Å². The SMILES string of the molecule is O=C(C=CC(=O)OCC(Cl)CC(Cl)(Cl)Cl)OCC(Cl)CC(Cl)(Cl)Cl. The van der Waals surface area contributed by atoms with Gasteiger partial charge < -0.3 is 9.47 Å². The molecule has 0 bridgehead atoms. The molecule has 24 heavy (non-hydrogen) atoms. The zero-order chi connectivity index (χ0) is 19.0. The highest BCUT2D eigenvalue weighted by Crippen LogP contribution is 2.33. The van der Waals surface area contributed by atoms with Gasteiger partial charge in [-0.15, -0.1) is 23.2 Å². The van der Waals surface area contributed by atoms with Gasteiger partial charge in [-0.3, -0.25) is 0 Å². The predicted molar refractivity (Wildman–Crippen MR) is 100 cm³/mol. The topological polar surface area (TPSA) is 52.6 Å². The number of alkyl halides is 8. The first-order valence-electron chi connectivity index (χ1n) is 6.21. The number of hydrogen-bond acceptors (Lipinski definition) is 4. The summed E-state index contributed by atoms with van der Waals surface area (Å²) < 4.78 is 6.44.